The summed E-state index contributed by atoms with van der Waals surface area (Å²) in [5.74, 6) is -0.397. The van der Waals surface area contributed by atoms with Crippen LogP contribution in [-0.2, 0) is 14.6 Å². The first-order valence-corrected chi connectivity index (χ1v) is 15.5. The molecule has 11 nitrogen and oxygen atoms in total. The molecule has 3 rings (SSSR count). The van der Waals surface area contributed by atoms with E-state index in [1.807, 2.05) is 0 Å². The lowest BCUT2D eigenvalue weighted by molar-refractivity contribution is 0.266. The predicted octanol–water partition coefficient (Wildman–Crippen LogP) is 3.60. The van der Waals surface area contributed by atoms with Crippen molar-refractivity contribution in [3.05, 3.63) is 47.3 Å². The Hall–Kier alpha value is -2.47. The Kier molecular flexibility index (Phi) is 12.0. The van der Waals surface area contributed by atoms with Gasteiger partial charge in [-0.3, -0.25) is 0 Å². The van der Waals surface area contributed by atoms with Crippen molar-refractivity contribution in [3.63, 3.8) is 0 Å². The van der Waals surface area contributed by atoms with Gasteiger partial charge in [0.2, 0.25) is 0 Å². The zero-order valence-corrected chi connectivity index (χ0v) is 24.2. The first-order chi connectivity index (χ1) is 18.0. The largest absolute Gasteiger partial charge is 0.490 e. The highest BCUT2D eigenvalue weighted by molar-refractivity contribution is 7.92. The van der Waals surface area contributed by atoms with E-state index >= 15 is 0 Å². The number of hydrogen-bond acceptors (Lipinski definition) is 10. The van der Waals surface area contributed by atoms with E-state index in [2.05, 4.69) is 4.72 Å². The minimum Gasteiger partial charge on any atom is -0.490 e. The number of nitrogens with one attached hydrogen (secondary N) is 1. The molecule has 0 saturated carbocycles. The van der Waals surface area contributed by atoms with Gasteiger partial charge in [0, 0.05) is 22.2 Å². The third-order valence-electron chi connectivity index (χ3n) is 5.18. The van der Waals surface area contributed by atoms with E-state index in [0.717, 1.165) is 29.5 Å². The van der Waals surface area contributed by atoms with Gasteiger partial charge in [-0.1, -0.05) is 0 Å². The molecule has 214 valence electrons. The van der Waals surface area contributed by atoms with E-state index < -0.39 is 29.7 Å². The third-order valence-corrected chi connectivity index (χ3v) is 9.72. The van der Waals surface area contributed by atoms with E-state index in [0.29, 0.717) is 66.3 Å². The van der Waals surface area contributed by atoms with Crippen molar-refractivity contribution >= 4 is 51.4 Å². The van der Waals surface area contributed by atoms with Gasteiger partial charge >= 0.3 is 7.60 Å². The fourth-order valence-electron chi connectivity index (χ4n) is 3.29. The molecule has 3 aromatic rings. The molecule has 0 saturated heterocycles. The Morgan fingerprint density at radius 2 is 1.74 bits per heavy atom. The number of aryl methyl sites for hydroxylation is 1. The molecule has 39 heavy (non-hydrogen) atoms. The van der Waals surface area contributed by atoms with Gasteiger partial charge < -0.3 is 30.4 Å². The lowest BCUT2D eigenvalue weighted by Gasteiger charge is -2.14. The normalized spacial score (nSPS) is 12.8. The second-order valence-electron chi connectivity index (χ2n) is 8.08. The monoisotopic (exact) mass is 622 g/mol. The zero-order valence-electron chi connectivity index (χ0n) is 20.9. The smallest absolute Gasteiger partial charge is 0.391 e. The molecule has 6 N–H and O–H groups in total. The van der Waals surface area contributed by atoms with Crippen molar-refractivity contribution in [1.82, 2.24) is 4.72 Å². The SMILES string of the molecule is Cc1c(S(=O)(=O)NCP(=O)(O)Oc2ccc(C#N)c(F)c2)sc2cc(OCCCN)c(OCCCN)cc12.Cl. The Morgan fingerprint density at radius 1 is 1.13 bits per heavy atom. The standard InChI is InChI=1S/C23H28FN4O7PS2.ClH/c1-15-18-11-20(33-8-2-6-25)21(34-9-3-7-26)12-22(18)37-23(15)38(31,32)28-14-36(29,30)35-17-5-4-16(13-27)19(24)10-17;/h4-5,10-12,28H,2-3,6-9,14,25-26H2,1H3,(H,29,30);1H. The molecule has 0 aliphatic rings. The summed E-state index contributed by atoms with van der Waals surface area (Å²) in [5.41, 5.74) is 11.2. The summed E-state index contributed by atoms with van der Waals surface area (Å²) in [4.78, 5) is 10.2. The Labute approximate surface area is 235 Å². The van der Waals surface area contributed by atoms with Crippen molar-refractivity contribution in [2.24, 2.45) is 11.5 Å². The molecule has 0 spiro atoms. The van der Waals surface area contributed by atoms with Gasteiger partial charge in [-0.05, 0) is 56.6 Å². The second kappa shape index (κ2) is 14.2. The average molecular weight is 623 g/mol. The Bertz CT molecular complexity index is 1500. The molecule has 0 fully saturated rings. The molecule has 16 heteroatoms. The Morgan fingerprint density at radius 3 is 2.31 bits per heavy atom. The maximum Gasteiger partial charge on any atom is 0.391 e. The second-order valence-corrected chi connectivity index (χ2v) is 12.9. The lowest BCUT2D eigenvalue weighted by atomic mass is 10.2. The number of benzene rings is 2. The molecule has 0 amide bonds. The van der Waals surface area contributed by atoms with Crippen molar-refractivity contribution in [2.75, 3.05) is 32.6 Å². The summed E-state index contributed by atoms with van der Waals surface area (Å²) < 4.78 is 71.6. The van der Waals surface area contributed by atoms with Gasteiger partial charge in [0.15, 0.2) is 11.5 Å². The molecule has 1 atom stereocenters. The van der Waals surface area contributed by atoms with Gasteiger partial charge in [-0.2, -0.15) is 9.98 Å². The minimum atomic E-state index is -4.57. The number of nitrogens with zero attached hydrogens (tertiary/aromatic N) is 1. The molecule has 1 aromatic heterocycles. The number of thiophene rings is 1. The number of fused-ring (bicyclic) bond motifs is 1. The Balaban J connectivity index is 0.00000533. The highest BCUT2D eigenvalue weighted by Gasteiger charge is 2.29. The summed E-state index contributed by atoms with van der Waals surface area (Å²) in [6.07, 6.45) is 0.266. The van der Waals surface area contributed by atoms with Crippen LogP contribution in [0.4, 0.5) is 4.39 Å². The lowest BCUT2D eigenvalue weighted by Crippen LogP contribution is -2.25. The molecular weight excluding hydrogens is 594 g/mol. The van der Waals surface area contributed by atoms with Crippen LogP contribution < -0.4 is 30.2 Å². The summed E-state index contributed by atoms with van der Waals surface area (Å²) >= 11 is 0.959. The molecule has 0 radical (unpaired) electrons. The van der Waals surface area contributed by atoms with Crippen LogP contribution in [0.1, 0.15) is 24.0 Å². The summed E-state index contributed by atoms with van der Waals surface area (Å²) in [5, 5.41) is 9.40. The fraction of sp³-hybridized carbons (Fsp3) is 0.348. The number of hydrogen-bond donors (Lipinski definition) is 4. The van der Waals surface area contributed by atoms with Crippen LogP contribution in [0, 0.1) is 24.1 Å². The maximum absolute atomic E-state index is 13.8. The van der Waals surface area contributed by atoms with Gasteiger partial charge in [-0.15, -0.1) is 23.7 Å². The van der Waals surface area contributed by atoms with Crippen molar-refractivity contribution in [3.8, 4) is 23.3 Å². The van der Waals surface area contributed by atoms with Crippen LogP contribution in [0.15, 0.2) is 34.5 Å². The van der Waals surface area contributed by atoms with Crippen molar-refractivity contribution < 1.29 is 36.3 Å². The average Bonchev–Trinajstić information content (AvgIpc) is 3.19. The van der Waals surface area contributed by atoms with Crippen LogP contribution in [-0.4, -0.2) is 45.9 Å². The minimum absolute atomic E-state index is 0. The van der Waals surface area contributed by atoms with E-state index in [1.165, 1.54) is 0 Å². The van der Waals surface area contributed by atoms with Crippen LogP contribution in [0.3, 0.4) is 0 Å². The van der Waals surface area contributed by atoms with Crippen molar-refractivity contribution in [2.45, 2.75) is 24.0 Å². The zero-order chi connectivity index (χ0) is 27.9. The number of halogens is 2. The summed E-state index contributed by atoms with van der Waals surface area (Å²) in [7, 11) is -8.81. The van der Waals surface area contributed by atoms with Crippen LogP contribution in [0.25, 0.3) is 10.1 Å². The number of sulfonamides is 1. The van der Waals surface area contributed by atoms with Crippen LogP contribution in [0.5, 0.6) is 17.2 Å². The van der Waals surface area contributed by atoms with Crippen LogP contribution in [0.2, 0.25) is 0 Å². The van der Waals surface area contributed by atoms with Crippen molar-refractivity contribution in [1.29, 1.82) is 5.26 Å². The molecule has 1 unspecified atom stereocenters. The quantitative estimate of drug-likeness (QED) is 0.153. The van der Waals surface area contributed by atoms with Crippen LogP contribution >= 0.6 is 31.3 Å². The van der Waals surface area contributed by atoms with Gasteiger partial charge in [0.05, 0.1) is 18.8 Å². The maximum atomic E-state index is 13.8. The number of nitrogens with two attached hydrogens (primary N) is 2. The summed E-state index contributed by atoms with van der Waals surface area (Å²) in [6, 6.07) is 7.97. The van der Waals surface area contributed by atoms with E-state index in [4.69, 9.17) is 30.7 Å². The topological polar surface area (TPSA) is 187 Å². The predicted molar refractivity (Wildman–Crippen MR) is 149 cm³/mol. The van der Waals surface area contributed by atoms with Gasteiger partial charge in [-0.25, -0.2) is 17.4 Å². The number of nitriles is 1. The molecule has 2 aromatic carbocycles. The fourth-order valence-corrected chi connectivity index (χ4v) is 7.61. The van der Waals surface area contributed by atoms with E-state index in [-0.39, 0.29) is 27.9 Å². The highest BCUT2D eigenvalue weighted by atomic mass is 35.5. The summed E-state index contributed by atoms with van der Waals surface area (Å²) in [6.45, 7) is 3.19. The first kappa shape index (κ1) is 32.7. The molecular formula is C23H29ClFN4O7PS2. The third kappa shape index (κ3) is 8.51. The molecule has 0 bridgehead atoms. The van der Waals surface area contributed by atoms with Gasteiger partial charge in [0.25, 0.3) is 10.0 Å². The van der Waals surface area contributed by atoms with Gasteiger partial charge in [0.1, 0.15) is 28.1 Å². The number of rotatable bonds is 14. The number of ether oxygens (including phenoxy) is 2. The highest BCUT2D eigenvalue weighted by Crippen LogP contribution is 2.44. The van der Waals surface area contributed by atoms with E-state index in [9.17, 15) is 22.3 Å². The molecule has 0 aliphatic heterocycles. The molecule has 1 heterocycles. The molecule has 0 aliphatic carbocycles. The first-order valence-electron chi connectivity index (χ1n) is 11.4. The van der Waals surface area contributed by atoms with E-state index in [1.54, 1.807) is 25.1 Å².